The fraction of sp³-hybridized carbons (Fsp3) is 0.0455. The summed E-state index contributed by atoms with van der Waals surface area (Å²) < 4.78 is 6.59. The summed E-state index contributed by atoms with van der Waals surface area (Å²) in [7, 11) is 0. The van der Waals surface area contributed by atoms with Gasteiger partial charge in [-0.05, 0) is 69.7 Å². The van der Waals surface area contributed by atoms with Crippen molar-refractivity contribution >= 4 is 68.3 Å². The molecule has 154 valence electrons. The molecule has 2 amide bonds. The maximum Gasteiger partial charge on any atom is 0.293 e. The average Bonchev–Trinajstić information content (AvgIpc) is 3.23. The van der Waals surface area contributed by atoms with E-state index in [1.165, 1.54) is 11.8 Å². The molecule has 0 bridgehead atoms. The molecule has 0 N–H and O–H groups in total. The standard InChI is InChI=1S/C22H12BrClN2O3S2/c23-18-9-16(29-21(18)30-17-7-5-15(24)6-8-17)10-19-20(27)26(22(28)31-19)12-14-4-2-1-3-13(14)11-25/h1-10H,12H2/b19-10+. The third-order valence-corrected chi connectivity index (χ3v) is 7.32. The van der Waals surface area contributed by atoms with Crippen molar-refractivity contribution in [3.8, 4) is 6.07 Å². The van der Waals surface area contributed by atoms with Gasteiger partial charge in [0.25, 0.3) is 11.1 Å². The molecular formula is C22H12BrClN2O3S2. The first-order valence-corrected chi connectivity index (χ1v) is 11.7. The lowest BCUT2D eigenvalue weighted by Gasteiger charge is -2.13. The van der Waals surface area contributed by atoms with Crippen LogP contribution in [0.25, 0.3) is 6.08 Å². The van der Waals surface area contributed by atoms with E-state index in [2.05, 4.69) is 22.0 Å². The van der Waals surface area contributed by atoms with E-state index in [4.69, 9.17) is 16.0 Å². The molecule has 3 aromatic rings. The number of thioether (sulfide) groups is 1. The van der Waals surface area contributed by atoms with Crippen molar-refractivity contribution in [2.75, 3.05) is 0 Å². The number of hydrogen-bond acceptors (Lipinski definition) is 6. The maximum absolute atomic E-state index is 12.8. The number of imide groups is 1. The maximum atomic E-state index is 12.8. The molecule has 9 heteroatoms. The number of halogens is 2. The van der Waals surface area contributed by atoms with E-state index < -0.39 is 5.91 Å². The molecule has 1 aliphatic rings. The first kappa shape index (κ1) is 21.8. The number of carbonyl (C=O) groups excluding carboxylic acids is 2. The van der Waals surface area contributed by atoms with Crippen molar-refractivity contribution in [2.24, 2.45) is 0 Å². The third kappa shape index (κ3) is 4.91. The highest BCUT2D eigenvalue weighted by Crippen LogP contribution is 2.39. The predicted molar refractivity (Wildman–Crippen MR) is 125 cm³/mol. The fourth-order valence-corrected chi connectivity index (χ4v) is 5.10. The van der Waals surface area contributed by atoms with Crippen molar-refractivity contribution in [3.05, 3.63) is 85.9 Å². The Labute approximate surface area is 200 Å². The van der Waals surface area contributed by atoms with E-state index in [0.29, 0.717) is 27.0 Å². The topological polar surface area (TPSA) is 74.3 Å². The Morgan fingerprint density at radius 3 is 2.68 bits per heavy atom. The average molecular weight is 532 g/mol. The van der Waals surface area contributed by atoms with Crippen LogP contribution in [0.15, 0.2) is 78.4 Å². The normalized spacial score (nSPS) is 15.0. The predicted octanol–water partition coefficient (Wildman–Crippen LogP) is 6.95. The molecule has 0 radical (unpaired) electrons. The third-order valence-electron chi connectivity index (χ3n) is 4.31. The molecule has 5 nitrogen and oxygen atoms in total. The fourth-order valence-electron chi connectivity index (χ4n) is 2.82. The van der Waals surface area contributed by atoms with Crippen LogP contribution in [0.2, 0.25) is 5.02 Å². The molecule has 1 aromatic heterocycles. The van der Waals surface area contributed by atoms with Crippen LogP contribution in [0.1, 0.15) is 16.9 Å². The zero-order chi connectivity index (χ0) is 22.0. The molecule has 0 saturated carbocycles. The number of furan rings is 1. The molecule has 0 unspecified atom stereocenters. The summed E-state index contributed by atoms with van der Waals surface area (Å²) in [5, 5.41) is 10.1. The van der Waals surface area contributed by atoms with Crippen LogP contribution < -0.4 is 0 Å². The Bertz CT molecular complexity index is 1250. The first-order valence-electron chi connectivity index (χ1n) is 8.90. The van der Waals surface area contributed by atoms with E-state index in [-0.39, 0.29) is 16.7 Å². The second-order valence-electron chi connectivity index (χ2n) is 6.38. The van der Waals surface area contributed by atoms with Gasteiger partial charge in [-0.25, -0.2) is 0 Å². The molecule has 0 atom stereocenters. The van der Waals surface area contributed by atoms with Crippen LogP contribution in [0.3, 0.4) is 0 Å². The highest BCUT2D eigenvalue weighted by atomic mass is 79.9. The molecule has 31 heavy (non-hydrogen) atoms. The summed E-state index contributed by atoms with van der Waals surface area (Å²) >= 11 is 11.6. The van der Waals surface area contributed by atoms with E-state index in [1.54, 1.807) is 48.5 Å². The van der Waals surface area contributed by atoms with Crippen molar-refractivity contribution in [1.29, 1.82) is 5.26 Å². The molecule has 0 aliphatic carbocycles. The molecule has 2 aromatic carbocycles. The molecule has 1 aliphatic heterocycles. The second-order valence-corrected chi connectivity index (χ2v) is 9.71. The van der Waals surface area contributed by atoms with Gasteiger partial charge >= 0.3 is 0 Å². The monoisotopic (exact) mass is 530 g/mol. The summed E-state index contributed by atoms with van der Waals surface area (Å²) in [6, 6.07) is 18.1. The van der Waals surface area contributed by atoms with Crippen molar-refractivity contribution < 1.29 is 14.0 Å². The van der Waals surface area contributed by atoms with Crippen molar-refractivity contribution in [1.82, 2.24) is 4.90 Å². The van der Waals surface area contributed by atoms with Gasteiger partial charge < -0.3 is 4.42 Å². The quantitative estimate of drug-likeness (QED) is 0.332. The van der Waals surface area contributed by atoms with E-state index >= 15 is 0 Å². The van der Waals surface area contributed by atoms with E-state index in [1.807, 2.05) is 12.1 Å². The van der Waals surface area contributed by atoms with E-state index in [9.17, 15) is 14.9 Å². The summed E-state index contributed by atoms with van der Waals surface area (Å²) in [4.78, 5) is 27.6. The van der Waals surface area contributed by atoms with Gasteiger partial charge in [-0.2, -0.15) is 5.26 Å². The lowest BCUT2D eigenvalue weighted by Crippen LogP contribution is -2.27. The van der Waals surface area contributed by atoms with Gasteiger partial charge in [-0.15, -0.1) is 0 Å². The Hall–Kier alpha value is -2.44. The molecule has 1 saturated heterocycles. The second kappa shape index (κ2) is 9.37. The minimum atomic E-state index is -0.415. The zero-order valence-electron chi connectivity index (χ0n) is 15.7. The SMILES string of the molecule is N#Cc1ccccc1CN1C(=O)S/C(=C/c2cc(Br)c(Sc3ccc(Cl)cc3)o2)C1=O. The van der Waals surface area contributed by atoms with Crippen molar-refractivity contribution in [2.45, 2.75) is 16.5 Å². The van der Waals surface area contributed by atoms with Gasteiger partial charge in [0, 0.05) is 16.0 Å². The number of benzene rings is 2. The van der Waals surface area contributed by atoms with Crippen LogP contribution in [0, 0.1) is 11.3 Å². The number of carbonyl (C=O) groups is 2. The highest BCUT2D eigenvalue weighted by Gasteiger charge is 2.35. The number of hydrogen-bond donors (Lipinski definition) is 0. The number of nitrogens with zero attached hydrogens (tertiary/aromatic N) is 2. The smallest absolute Gasteiger partial charge is 0.293 e. The Morgan fingerprint density at radius 1 is 1.19 bits per heavy atom. The highest BCUT2D eigenvalue weighted by molar-refractivity contribution is 9.10. The summed E-state index contributed by atoms with van der Waals surface area (Å²) in [6.07, 6.45) is 1.55. The lowest BCUT2D eigenvalue weighted by molar-refractivity contribution is -0.123. The number of nitriles is 1. The lowest BCUT2D eigenvalue weighted by atomic mass is 10.1. The van der Waals surface area contributed by atoms with Crippen LogP contribution in [-0.4, -0.2) is 16.0 Å². The summed E-state index contributed by atoms with van der Waals surface area (Å²) in [5.74, 6) is 0.0356. The van der Waals surface area contributed by atoms with Crippen LogP contribution >= 0.6 is 51.1 Å². The van der Waals surface area contributed by atoms with Crippen LogP contribution in [0.5, 0.6) is 0 Å². The molecular weight excluding hydrogens is 520 g/mol. The molecule has 2 heterocycles. The Morgan fingerprint density at radius 2 is 1.94 bits per heavy atom. The summed E-state index contributed by atoms with van der Waals surface area (Å²) in [5.41, 5.74) is 1.06. The van der Waals surface area contributed by atoms with Crippen LogP contribution in [-0.2, 0) is 11.3 Å². The Kier molecular flexibility index (Phi) is 6.58. The minimum absolute atomic E-state index is 0.0469. The van der Waals surface area contributed by atoms with Gasteiger partial charge in [0.2, 0.25) is 0 Å². The summed E-state index contributed by atoms with van der Waals surface area (Å²) in [6.45, 7) is 0.0469. The van der Waals surface area contributed by atoms with Crippen LogP contribution in [0.4, 0.5) is 4.79 Å². The van der Waals surface area contributed by atoms with Gasteiger partial charge in [0.1, 0.15) is 5.76 Å². The first-order chi connectivity index (χ1) is 14.9. The van der Waals surface area contributed by atoms with E-state index in [0.717, 1.165) is 26.0 Å². The number of rotatable bonds is 5. The number of amides is 2. The Balaban J connectivity index is 1.53. The molecule has 1 fully saturated rings. The van der Waals surface area contributed by atoms with Gasteiger partial charge in [-0.1, -0.05) is 41.6 Å². The zero-order valence-corrected chi connectivity index (χ0v) is 19.6. The minimum Gasteiger partial charge on any atom is -0.449 e. The van der Waals surface area contributed by atoms with Crippen molar-refractivity contribution in [3.63, 3.8) is 0 Å². The molecule has 0 spiro atoms. The largest absolute Gasteiger partial charge is 0.449 e. The van der Waals surface area contributed by atoms with Gasteiger partial charge in [0.15, 0.2) is 5.09 Å². The molecule has 4 rings (SSSR count). The van der Waals surface area contributed by atoms with Gasteiger partial charge in [0.05, 0.1) is 27.6 Å². The van der Waals surface area contributed by atoms with Gasteiger partial charge in [-0.3, -0.25) is 14.5 Å².